The molecule has 2 rings (SSSR count). The van der Waals surface area contributed by atoms with Gasteiger partial charge in [-0.2, -0.15) is 0 Å². The molecule has 0 aromatic carbocycles. The number of ether oxygens (including phenoxy) is 2. The standard InChI is InChI=1S/C21H37NO11/c1-8-16(28)11(5-23)4-12(17(8)29)22-15-10(3)32-21(9(2)18(15)30)33-20(14(27)7-25)19(31)13(26)6-24/h4,6,8-10,12-23,25-31H,5,7H2,1-3H3/t8?,9?,10-,12?,13+,14?,15?,16+,17-,18-,19-,20-,21?/m1/s1. The zero-order chi connectivity index (χ0) is 25.0. The Labute approximate surface area is 192 Å². The lowest BCUT2D eigenvalue weighted by Crippen LogP contribution is -2.64. The fourth-order valence-electron chi connectivity index (χ4n) is 4.30. The number of hydrogen-bond acceptors (Lipinski definition) is 12. The first-order chi connectivity index (χ1) is 15.5. The molecule has 9 N–H and O–H groups in total. The lowest BCUT2D eigenvalue weighted by molar-refractivity contribution is -0.290. The van der Waals surface area contributed by atoms with Gasteiger partial charge in [0.15, 0.2) is 12.6 Å². The summed E-state index contributed by atoms with van der Waals surface area (Å²) in [4.78, 5) is 10.8. The number of hydrogen-bond donors (Lipinski definition) is 9. The van der Waals surface area contributed by atoms with Crippen molar-refractivity contribution in [1.29, 1.82) is 0 Å². The smallest absolute Gasteiger partial charge is 0.163 e. The van der Waals surface area contributed by atoms with Crippen LogP contribution < -0.4 is 5.32 Å². The molecule has 1 aliphatic heterocycles. The van der Waals surface area contributed by atoms with E-state index in [0.717, 1.165) is 0 Å². The quantitative estimate of drug-likeness (QED) is 0.108. The molecule has 12 nitrogen and oxygen atoms in total. The lowest BCUT2D eigenvalue weighted by Gasteiger charge is -2.46. The van der Waals surface area contributed by atoms with Crippen LogP contribution in [-0.4, -0.2) is 128 Å². The Bertz CT molecular complexity index is 664. The highest BCUT2D eigenvalue weighted by molar-refractivity contribution is 5.56. The molecule has 13 atom stereocenters. The minimum Gasteiger partial charge on any atom is -0.394 e. The molecule has 0 spiro atoms. The second-order valence-corrected chi connectivity index (χ2v) is 8.94. The van der Waals surface area contributed by atoms with E-state index >= 15 is 0 Å². The van der Waals surface area contributed by atoms with Crippen molar-refractivity contribution in [2.24, 2.45) is 11.8 Å². The van der Waals surface area contributed by atoms with E-state index < -0.39 is 85.6 Å². The highest BCUT2D eigenvalue weighted by atomic mass is 16.7. The van der Waals surface area contributed by atoms with Crippen LogP contribution in [0.2, 0.25) is 0 Å². The number of carbonyl (C=O) groups is 1. The van der Waals surface area contributed by atoms with Crippen molar-refractivity contribution >= 4 is 6.29 Å². The van der Waals surface area contributed by atoms with Gasteiger partial charge in [0.2, 0.25) is 0 Å². The van der Waals surface area contributed by atoms with E-state index in [-0.39, 0.29) is 12.9 Å². The third kappa shape index (κ3) is 6.16. The third-order valence-electron chi connectivity index (χ3n) is 6.62. The fourth-order valence-corrected chi connectivity index (χ4v) is 4.30. The first-order valence-electron chi connectivity index (χ1n) is 11.0. The number of aldehydes is 1. The van der Waals surface area contributed by atoms with Crippen LogP contribution in [-0.2, 0) is 14.3 Å². The van der Waals surface area contributed by atoms with Crippen molar-refractivity contribution < 1.29 is 55.1 Å². The van der Waals surface area contributed by atoms with Crippen molar-refractivity contribution in [3.05, 3.63) is 11.6 Å². The molecule has 12 heteroatoms. The van der Waals surface area contributed by atoms with E-state index in [1.165, 1.54) is 6.08 Å². The maximum atomic E-state index is 10.9. The van der Waals surface area contributed by atoms with Crippen molar-refractivity contribution in [2.75, 3.05) is 13.2 Å². The predicted molar refractivity (Wildman–Crippen MR) is 113 cm³/mol. The Morgan fingerprint density at radius 1 is 1.09 bits per heavy atom. The molecule has 0 amide bonds. The van der Waals surface area contributed by atoms with Gasteiger partial charge >= 0.3 is 0 Å². The summed E-state index contributed by atoms with van der Waals surface area (Å²) in [5, 5.41) is 83.3. The molecule has 0 radical (unpaired) electrons. The predicted octanol–water partition coefficient (Wildman–Crippen LogP) is -4.00. The number of aliphatic hydroxyl groups excluding tert-OH is 8. The summed E-state index contributed by atoms with van der Waals surface area (Å²) in [7, 11) is 0. The van der Waals surface area contributed by atoms with E-state index in [9.17, 15) is 45.6 Å². The highest BCUT2D eigenvalue weighted by Gasteiger charge is 2.46. The molecule has 0 aromatic rings. The van der Waals surface area contributed by atoms with Gasteiger partial charge in [-0.25, -0.2) is 0 Å². The van der Waals surface area contributed by atoms with Gasteiger partial charge in [-0.05, 0) is 12.5 Å². The van der Waals surface area contributed by atoms with Crippen LogP contribution in [0.3, 0.4) is 0 Å². The van der Waals surface area contributed by atoms with Gasteiger partial charge in [-0.3, -0.25) is 0 Å². The number of rotatable bonds is 10. The summed E-state index contributed by atoms with van der Waals surface area (Å²) >= 11 is 0. The van der Waals surface area contributed by atoms with Gasteiger partial charge in [0.05, 0.1) is 49.7 Å². The molecule has 33 heavy (non-hydrogen) atoms. The molecule has 192 valence electrons. The van der Waals surface area contributed by atoms with Gasteiger partial charge in [0.25, 0.3) is 0 Å². The molecule has 6 unspecified atom stereocenters. The van der Waals surface area contributed by atoms with Crippen LogP contribution in [0, 0.1) is 11.8 Å². The molecule has 1 fully saturated rings. The minimum atomic E-state index is -1.87. The first-order valence-corrected chi connectivity index (χ1v) is 11.0. The second-order valence-electron chi connectivity index (χ2n) is 8.94. The summed E-state index contributed by atoms with van der Waals surface area (Å²) in [5.74, 6) is -1.30. The van der Waals surface area contributed by atoms with Gasteiger partial charge in [0.1, 0.15) is 24.4 Å². The Morgan fingerprint density at radius 3 is 2.27 bits per heavy atom. The van der Waals surface area contributed by atoms with Crippen molar-refractivity contribution in [1.82, 2.24) is 5.32 Å². The molecule has 2 aliphatic rings. The van der Waals surface area contributed by atoms with E-state index in [2.05, 4.69) is 5.32 Å². The third-order valence-corrected chi connectivity index (χ3v) is 6.62. The maximum absolute atomic E-state index is 10.9. The summed E-state index contributed by atoms with van der Waals surface area (Å²) in [6, 6.07) is -1.39. The molecule has 0 aromatic heterocycles. The molecular formula is C21H37NO11. The van der Waals surface area contributed by atoms with Crippen LogP contribution >= 0.6 is 0 Å². The molecule has 1 saturated heterocycles. The lowest BCUT2D eigenvalue weighted by atomic mass is 9.81. The Kier molecular flexibility index (Phi) is 10.3. The number of nitrogens with one attached hydrogen (secondary N) is 1. The molecule has 1 aliphatic carbocycles. The van der Waals surface area contributed by atoms with Gasteiger partial charge < -0.3 is 60.4 Å². The summed E-state index contributed by atoms with van der Waals surface area (Å²) in [5.41, 5.74) is 0.349. The first kappa shape index (κ1) is 28.2. The van der Waals surface area contributed by atoms with Gasteiger partial charge in [-0.1, -0.05) is 19.9 Å². The average molecular weight is 480 g/mol. The van der Waals surface area contributed by atoms with Gasteiger partial charge in [0, 0.05) is 11.8 Å². The number of aliphatic hydroxyl groups is 8. The zero-order valence-corrected chi connectivity index (χ0v) is 18.9. The van der Waals surface area contributed by atoms with Crippen LogP contribution in [0.25, 0.3) is 0 Å². The molecule has 0 saturated carbocycles. The van der Waals surface area contributed by atoms with Crippen LogP contribution in [0.15, 0.2) is 11.6 Å². The van der Waals surface area contributed by atoms with Crippen LogP contribution in [0.1, 0.15) is 20.8 Å². The van der Waals surface area contributed by atoms with Gasteiger partial charge in [-0.15, -0.1) is 0 Å². The molecular weight excluding hydrogens is 442 g/mol. The molecule has 0 bridgehead atoms. The van der Waals surface area contributed by atoms with Crippen LogP contribution in [0.4, 0.5) is 0 Å². The summed E-state index contributed by atoms with van der Waals surface area (Å²) in [6.07, 6.45) is -10.3. The monoisotopic (exact) mass is 479 g/mol. The Balaban J connectivity index is 2.16. The minimum absolute atomic E-state index is 0.0648. The summed E-state index contributed by atoms with van der Waals surface area (Å²) < 4.78 is 11.4. The Hall–Kier alpha value is -1.03. The molecule has 1 heterocycles. The average Bonchev–Trinajstić information content (AvgIpc) is 2.81. The SMILES string of the molecule is CC1C(O[C@H](C(O)CO)[C@H](O)[C@@H](O)C=O)O[C@H](C)C(NC2C=C(CO)[C@@H](O)C(C)[C@H]2O)[C@@H]1O. The van der Waals surface area contributed by atoms with Crippen molar-refractivity contribution in [3.63, 3.8) is 0 Å². The highest BCUT2D eigenvalue weighted by Crippen LogP contribution is 2.31. The number of carbonyl (C=O) groups excluding carboxylic acids is 1. The summed E-state index contributed by atoms with van der Waals surface area (Å²) in [6.45, 7) is 3.65. The zero-order valence-electron chi connectivity index (χ0n) is 18.9. The topological polar surface area (TPSA) is 209 Å². The van der Waals surface area contributed by atoms with E-state index in [0.29, 0.717) is 5.57 Å². The van der Waals surface area contributed by atoms with Crippen LogP contribution in [0.5, 0.6) is 0 Å². The normalized spacial score (nSPS) is 41.1. The fraction of sp³-hybridized carbons (Fsp3) is 0.857. The van der Waals surface area contributed by atoms with Crippen molar-refractivity contribution in [3.8, 4) is 0 Å². The largest absolute Gasteiger partial charge is 0.394 e. The van der Waals surface area contributed by atoms with E-state index in [1.54, 1.807) is 20.8 Å². The van der Waals surface area contributed by atoms with E-state index in [1.807, 2.05) is 0 Å². The Morgan fingerprint density at radius 2 is 1.73 bits per heavy atom. The second kappa shape index (κ2) is 12.1. The van der Waals surface area contributed by atoms with Crippen molar-refractivity contribution in [2.45, 2.75) is 88.0 Å². The van der Waals surface area contributed by atoms with E-state index in [4.69, 9.17) is 9.47 Å². The maximum Gasteiger partial charge on any atom is 0.163 e.